The highest BCUT2D eigenvalue weighted by atomic mass is 32.1. The van der Waals surface area contributed by atoms with Crippen molar-refractivity contribution < 1.29 is 4.79 Å². The van der Waals surface area contributed by atoms with Crippen molar-refractivity contribution in [2.45, 2.75) is 25.3 Å². The van der Waals surface area contributed by atoms with Gasteiger partial charge in [0.25, 0.3) is 5.91 Å². The van der Waals surface area contributed by atoms with E-state index in [1.807, 2.05) is 35.6 Å². The lowest BCUT2D eigenvalue weighted by atomic mass is 10.1. The zero-order valence-electron chi connectivity index (χ0n) is 17.3. The molecule has 3 rings (SSSR count). The Morgan fingerprint density at radius 2 is 2.03 bits per heavy atom. The molecule has 1 aliphatic rings. The SMILES string of the molecule is CN=C(NCCc1cccc(C(=O)NC)c1)NCC(c1cccs1)N1CCCC1. The molecule has 1 atom stereocenters. The summed E-state index contributed by atoms with van der Waals surface area (Å²) >= 11 is 1.82. The van der Waals surface area contributed by atoms with Crippen LogP contribution in [0.3, 0.4) is 0 Å². The van der Waals surface area contributed by atoms with E-state index in [9.17, 15) is 4.79 Å². The van der Waals surface area contributed by atoms with Gasteiger partial charge >= 0.3 is 0 Å². The van der Waals surface area contributed by atoms with Gasteiger partial charge in [0.1, 0.15) is 0 Å². The minimum absolute atomic E-state index is 0.0567. The highest BCUT2D eigenvalue weighted by molar-refractivity contribution is 7.10. The van der Waals surface area contributed by atoms with Crippen molar-refractivity contribution >= 4 is 23.2 Å². The summed E-state index contributed by atoms with van der Waals surface area (Å²) in [6.45, 7) is 3.92. The van der Waals surface area contributed by atoms with Crippen LogP contribution in [0, 0.1) is 0 Å². The van der Waals surface area contributed by atoms with E-state index >= 15 is 0 Å². The number of amides is 1. The summed E-state index contributed by atoms with van der Waals surface area (Å²) in [4.78, 5) is 20.1. The first-order chi connectivity index (χ1) is 14.2. The molecule has 1 fully saturated rings. The third-order valence-corrected chi connectivity index (χ3v) is 6.24. The summed E-state index contributed by atoms with van der Waals surface area (Å²) in [6.07, 6.45) is 3.39. The number of nitrogens with one attached hydrogen (secondary N) is 3. The summed E-state index contributed by atoms with van der Waals surface area (Å²) in [5, 5.41) is 11.7. The van der Waals surface area contributed by atoms with Crippen molar-refractivity contribution in [1.29, 1.82) is 0 Å². The molecule has 2 heterocycles. The van der Waals surface area contributed by atoms with Crippen molar-refractivity contribution in [2.24, 2.45) is 4.99 Å². The second kappa shape index (κ2) is 11.0. The third-order valence-electron chi connectivity index (χ3n) is 5.26. The average molecular weight is 414 g/mol. The molecule has 3 N–H and O–H groups in total. The first-order valence-electron chi connectivity index (χ1n) is 10.2. The maximum atomic E-state index is 11.8. The molecule has 156 valence electrons. The monoisotopic (exact) mass is 413 g/mol. The van der Waals surface area contributed by atoms with Crippen LogP contribution in [0.25, 0.3) is 0 Å². The molecule has 29 heavy (non-hydrogen) atoms. The normalized spacial score (nSPS) is 15.9. The van der Waals surface area contributed by atoms with Crippen LogP contribution in [0.1, 0.15) is 39.7 Å². The highest BCUT2D eigenvalue weighted by Gasteiger charge is 2.24. The van der Waals surface area contributed by atoms with Crippen LogP contribution in [0.4, 0.5) is 0 Å². The van der Waals surface area contributed by atoms with Crippen molar-refractivity contribution in [3.63, 3.8) is 0 Å². The van der Waals surface area contributed by atoms with Gasteiger partial charge in [-0.15, -0.1) is 11.3 Å². The molecule has 6 nitrogen and oxygen atoms in total. The third kappa shape index (κ3) is 6.05. The van der Waals surface area contributed by atoms with Crippen LogP contribution >= 0.6 is 11.3 Å². The van der Waals surface area contributed by atoms with Gasteiger partial charge in [0.05, 0.1) is 6.04 Å². The van der Waals surface area contributed by atoms with E-state index in [0.29, 0.717) is 11.6 Å². The minimum atomic E-state index is -0.0567. The van der Waals surface area contributed by atoms with Crippen molar-refractivity contribution in [2.75, 3.05) is 40.3 Å². The van der Waals surface area contributed by atoms with E-state index in [0.717, 1.165) is 44.1 Å². The van der Waals surface area contributed by atoms with Crippen LogP contribution in [-0.4, -0.2) is 57.0 Å². The van der Waals surface area contributed by atoms with Crippen molar-refractivity contribution in [3.8, 4) is 0 Å². The minimum Gasteiger partial charge on any atom is -0.356 e. The molecule has 7 heteroatoms. The molecule has 1 amide bonds. The molecule has 1 unspecified atom stereocenters. The molecule has 0 aliphatic carbocycles. The van der Waals surface area contributed by atoms with E-state index in [-0.39, 0.29) is 5.91 Å². The van der Waals surface area contributed by atoms with Gasteiger partial charge in [-0.2, -0.15) is 0 Å². The Morgan fingerprint density at radius 3 is 2.72 bits per heavy atom. The molecule has 1 aromatic heterocycles. The van der Waals surface area contributed by atoms with Crippen LogP contribution in [-0.2, 0) is 6.42 Å². The lowest BCUT2D eigenvalue weighted by Gasteiger charge is -2.27. The van der Waals surface area contributed by atoms with E-state index in [1.165, 1.54) is 17.7 Å². The number of benzene rings is 1. The predicted octanol–water partition coefficient (Wildman–Crippen LogP) is 2.65. The lowest BCUT2D eigenvalue weighted by molar-refractivity contribution is 0.0963. The Hall–Kier alpha value is -2.38. The number of carbonyl (C=O) groups is 1. The average Bonchev–Trinajstić information content (AvgIpc) is 3.47. The molecule has 0 bridgehead atoms. The Bertz CT molecular complexity index is 799. The van der Waals surface area contributed by atoms with E-state index in [1.54, 1.807) is 14.1 Å². The van der Waals surface area contributed by atoms with Gasteiger partial charge < -0.3 is 16.0 Å². The van der Waals surface area contributed by atoms with E-state index in [4.69, 9.17) is 0 Å². The van der Waals surface area contributed by atoms with Crippen LogP contribution in [0.2, 0.25) is 0 Å². The number of carbonyl (C=O) groups excluding carboxylic acids is 1. The Balaban J connectivity index is 1.51. The first kappa shape index (κ1) is 21.3. The number of aliphatic imine (C=N–C) groups is 1. The Kier molecular flexibility index (Phi) is 8.07. The van der Waals surface area contributed by atoms with Gasteiger partial charge in [0.15, 0.2) is 5.96 Å². The zero-order valence-corrected chi connectivity index (χ0v) is 18.1. The molecule has 1 aliphatic heterocycles. The van der Waals surface area contributed by atoms with Crippen LogP contribution < -0.4 is 16.0 Å². The standard InChI is InChI=1S/C22H31N5OS/c1-23-21(28)18-8-5-7-17(15-18)10-11-25-22(24-2)26-16-19(20-9-6-14-29-20)27-12-3-4-13-27/h5-9,14-15,19H,3-4,10-13,16H2,1-2H3,(H,23,28)(H2,24,25,26). The molecule has 2 aromatic rings. The van der Waals surface area contributed by atoms with Gasteiger partial charge in [0.2, 0.25) is 0 Å². The van der Waals surface area contributed by atoms with Gasteiger partial charge in [-0.1, -0.05) is 18.2 Å². The molecule has 1 aromatic carbocycles. The smallest absolute Gasteiger partial charge is 0.251 e. The second-order valence-electron chi connectivity index (χ2n) is 7.18. The van der Waals surface area contributed by atoms with Gasteiger partial charge in [-0.05, 0) is 61.5 Å². The largest absolute Gasteiger partial charge is 0.356 e. The summed E-state index contributed by atoms with van der Waals surface area (Å²) in [5.41, 5.74) is 1.82. The maximum absolute atomic E-state index is 11.8. The van der Waals surface area contributed by atoms with Crippen LogP contribution in [0.15, 0.2) is 46.8 Å². The number of nitrogens with zero attached hydrogens (tertiary/aromatic N) is 2. The van der Waals surface area contributed by atoms with Gasteiger partial charge in [-0.3, -0.25) is 14.7 Å². The van der Waals surface area contributed by atoms with Crippen molar-refractivity contribution in [1.82, 2.24) is 20.9 Å². The number of rotatable bonds is 8. The summed E-state index contributed by atoms with van der Waals surface area (Å²) < 4.78 is 0. The number of hydrogen-bond donors (Lipinski definition) is 3. The fourth-order valence-electron chi connectivity index (χ4n) is 3.70. The Labute approximate surface area is 177 Å². The van der Waals surface area contributed by atoms with Crippen LogP contribution in [0.5, 0.6) is 0 Å². The fraction of sp³-hybridized carbons (Fsp3) is 0.455. The highest BCUT2D eigenvalue weighted by Crippen LogP contribution is 2.27. The molecular weight excluding hydrogens is 382 g/mol. The summed E-state index contributed by atoms with van der Waals surface area (Å²) in [5.74, 6) is 0.757. The summed E-state index contributed by atoms with van der Waals surface area (Å²) in [6, 6.07) is 12.5. The molecule has 0 saturated carbocycles. The maximum Gasteiger partial charge on any atom is 0.251 e. The number of hydrogen-bond acceptors (Lipinski definition) is 4. The topological polar surface area (TPSA) is 68.8 Å². The molecular formula is C22H31N5OS. The quantitative estimate of drug-likeness (QED) is 0.460. The second-order valence-corrected chi connectivity index (χ2v) is 8.16. The molecule has 0 radical (unpaired) electrons. The summed E-state index contributed by atoms with van der Waals surface area (Å²) in [7, 11) is 3.45. The van der Waals surface area contributed by atoms with Crippen molar-refractivity contribution in [3.05, 3.63) is 57.8 Å². The zero-order chi connectivity index (χ0) is 20.5. The van der Waals surface area contributed by atoms with E-state index in [2.05, 4.69) is 43.4 Å². The molecule has 0 spiro atoms. The van der Waals surface area contributed by atoms with Gasteiger partial charge in [0, 0.05) is 37.6 Å². The van der Waals surface area contributed by atoms with E-state index < -0.39 is 0 Å². The fourth-order valence-corrected chi connectivity index (χ4v) is 4.56. The number of thiophene rings is 1. The predicted molar refractivity (Wildman–Crippen MR) is 121 cm³/mol. The number of likely N-dealkylation sites (tertiary alicyclic amines) is 1. The van der Waals surface area contributed by atoms with Gasteiger partial charge in [-0.25, -0.2) is 0 Å². The Morgan fingerprint density at radius 1 is 1.21 bits per heavy atom. The lowest BCUT2D eigenvalue weighted by Crippen LogP contribution is -2.43. The molecule has 1 saturated heterocycles. The first-order valence-corrected chi connectivity index (χ1v) is 11.1. The number of guanidine groups is 1.